The van der Waals surface area contributed by atoms with Crippen molar-refractivity contribution in [3.05, 3.63) is 42.0 Å². The molecule has 2 rings (SSSR count). The minimum atomic E-state index is 0.0986. The van der Waals surface area contributed by atoms with Crippen LogP contribution in [-0.4, -0.2) is 22.2 Å². The number of H-pyrrole nitrogens is 1. The summed E-state index contributed by atoms with van der Waals surface area (Å²) in [6.45, 7) is 2.58. The lowest BCUT2D eigenvalue weighted by Crippen LogP contribution is -2.19. The van der Waals surface area contributed by atoms with Crippen molar-refractivity contribution in [1.29, 1.82) is 0 Å². The number of ether oxygens (including phenoxy) is 1. The summed E-state index contributed by atoms with van der Waals surface area (Å²) in [5.74, 6) is 1.76. The zero-order valence-electron chi connectivity index (χ0n) is 10.5. The van der Waals surface area contributed by atoms with Gasteiger partial charge in [-0.1, -0.05) is 6.07 Å². The van der Waals surface area contributed by atoms with Gasteiger partial charge in [0.1, 0.15) is 17.3 Å². The molecule has 18 heavy (non-hydrogen) atoms. The van der Waals surface area contributed by atoms with Gasteiger partial charge in [0.25, 0.3) is 0 Å². The van der Waals surface area contributed by atoms with E-state index in [0.29, 0.717) is 12.3 Å². The van der Waals surface area contributed by atoms with Crippen LogP contribution >= 0.6 is 0 Å². The van der Waals surface area contributed by atoms with Crippen molar-refractivity contribution in [2.24, 2.45) is 0 Å². The normalized spacial score (nSPS) is 12.3. The SMILES string of the molecule is COc1ccc(CNC(C)c2ncc[nH]2)c(O)c1. The first-order valence-corrected chi connectivity index (χ1v) is 5.79. The van der Waals surface area contributed by atoms with Crippen LogP contribution in [-0.2, 0) is 6.54 Å². The van der Waals surface area contributed by atoms with Crippen molar-refractivity contribution in [3.8, 4) is 11.5 Å². The Morgan fingerprint density at radius 3 is 2.94 bits per heavy atom. The average molecular weight is 247 g/mol. The third-order valence-electron chi connectivity index (χ3n) is 2.82. The van der Waals surface area contributed by atoms with Crippen LogP contribution < -0.4 is 10.1 Å². The van der Waals surface area contributed by atoms with Crippen molar-refractivity contribution in [2.75, 3.05) is 7.11 Å². The first kappa shape index (κ1) is 12.4. The fraction of sp³-hybridized carbons (Fsp3) is 0.308. The molecule has 0 radical (unpaired) electrons. The van der Waals surface area contributed by atoms with E-state index in [1.165, 1.54) is 0 Å². The Morgan fingerprint density at radius 1 is 1.50 bits per heavy atom. The lowest BCUT2D eigenvalue weighted by atomic mass is 10.2. The number of rotatable bonds is 5. The second-order valence-corrected chi connectivity index (χ2v) is 4.07. The van der Waals surface area contributed by atoms with Gasteiger partial charge in [-0.25, -0.2) is 4.98 Å². The van der Waals surface area contributed by atoms with Crippen LogP contribution in [0.1, 0.15) is 24.4 Å². The summed E-state index contributed by atoms with van der Waals surface area (Å²) in [5, 5.41) is 13.1. The Morgan fingerprint density at radius 2 is 2.33 bits per heavy atom. The monoisotopic (exact) mass is 247 g/mol. The van der Waals surface area contributed by atoms with E-state index in [1.807, 2.05) is 19.1 Å². The number of hydrogen-bond donors (Lipinski definition) is 3. The largest absolute Gasteiger partial charge is 0.507 e. The second-order valence-electron chi connectivity index (χ2n) is 4.07. The minimum absolute atomic E-state index is 0.0986. The van der Waals surface area contributed by atoms with Crippen LogP contribution in [0.25, 0.3) is 0 Å². The number of methoxy groups -OCH3 is 1. The highest BCUT2D eigenvalue weighted by atomic mass is 16.5. The summed E-state index contributed by atoms with van der Waals surface area (Å²) in [5.41, 5.74) is 0.828. The van der Waals surface area contributed by atoms with Crippen molar-refractivity contribution < 1.29 is 9.84 Å². The third-order valence-corrected chi connectivity index (χ3v) is 2.82. The molecular formula is C13H17N3O2. The van der Waals surface area contributed by atoms with Crippen molar-refractivity contribution in [3.63, 3.8) is 0 Å². The average Bonchev–Trinajstić information content (AvgIpc) is 2.90. The summed E-state index contributed by atoms with van der Waals surface area (Å²) in [6.07, 6.45) is 3.51. The van der Waals surface area contributed by atoms with Crippen molar-refractivity contribution in [1.82, 2.24) is 15.3 Å². The lowest BCUT2D eigenvalue weighted by molar-refractivity contribution is 0.405. The van der Waals surface area contributed by atoms with Gasteiger partial charge in [0, 0.05) is 30.6 Å². The maximum atomic E-state index is 9.82. The molecule has 1 aromatic heterocycles. The predicted octanol–water partition coefficient (Wildman–Crippen LogP) is 1.97. The van der Waals surface area contributed by atoms with Gasteiger partial charge in [0.15, 0.2) is 0 Å². The molecule has 1 unspecified atom stereocenters. The summed E-state index contributed by atoms with van der Waals surface area (Å²) < 4.78 is 5.04. The zero-order valence-corrected chi connectivity index (χ0v) is 10.5. The standard InChI is InChI=1S/C13H17N3O2/c1-9(13-14-5-6-15-13)16-8-10-3-4-11(18-2)7-12(10)17/h3-7,9,16-17H,8H2,1-2H3,(H,14,15). The van der Waals surface area contributed by atoms with Gasteiger partial charge >= 0.3 is 0 Å². The molecule has 0 aliphatic carbocycles. The van der Waals surface area contributed by atoms with Gasteiger partial charge in [-0.05, 0) is 13.0 Å². The summed E-state index contributed by atoms with van der Waals surface area (Å²) in [6, 6.07) is 5.38. The van der Waals surface area contributed by atoms with Gasteiger partial charge in [-0.15, -0.1) is 0 Å². The summed E-state index contributed by atoms with van der Waals surface area (Å²) in [4.78, 5) is 7.23. The minimum Gasteiger partial charge on any atom is -0.507 e. The zero-order chi connectivity index (χ0) is 13.0. The molecule has 0 amide bonds. The molecule has 96 valence electrons. The van der Waals surface area contributed by atoms with Crippen LogP contribution in [0.4, 0.5) is 0 Å². The number of aromatic nitrogens is 2. The van der Waals surface area contributed by atoms with Crippen LogP contribution in [0.2, 0.25) is 0 Å². The molecule has 2 aromatic rings. The highest BCUT2D eigenvalue weighted by Gasteiger charge is 2.08. The second kappa shape index (κ2) is 5.55. The molecule has 0 spiro atoms. The molecule has 5 heteroatoms. The number of aromatic hydroxyl groups is 1. The number of phenolic OH excluding ortho intramolecular Hbond substituents is 1. The van der Waals surface area contributed by atoms with Gasteiger partial charge in [-0.2, -0.15) is 0 Å². The maximum Gasteiger partial charge on any atom is 0.123 e. The molecule has 0 saturated carbocycles. The molecule has 0 saturated heterocycles. The van der Waals surface area contributed by atoms with E-state index in [9.17, 15) is 5.11 Å². The molecular weight excluding hydrogens is 230 g/mol. The number of imidazole rings is 1. The fourth-order valence-corrected chi connectivity index (χ4v) is 1.69. The van der Waals surface area contributed by atoms with E-state index in [4.69, 9.17) is 4.74 Å². The number of aromatic amines is 1. The van der Waals surface area contributed by atoms with Gasteiger partial charge in [-0.3, -0.25) is 0 Å². The molecule has 1 heterocycles. The molecule has 0 aliphatic heterocycles. The maximum absolute atomic E-state index is 9.82. The number of benzene rings is 1. The Kier molecular flexibility index (Phi) is 3.84. The molecule has 0 fully saturated rings. The van der Waals surface area contributed by atoms with Gasteiger partial charge in [0.2, 0.25) is 0 Å². The molecule has 1 atom stereocenters. The van der Waals surface area contributed by atoms with Crippen LogP contribution in [0.15, 0.2) is 30.6 Å². The molecule has 3 N–H and O–H groups in total. The first-order chi connectivity index (χ1) is 8.70. The molecule has 0 aliphatic rings. The van der Waals surface area contributed by atoms with E-state index in [2.05, 4.69) is 15.3 Å². The number of nitrogens with zero attached hydrogens (tertiary/aromatic N) is 1. The molecule has 5 nitrogen and oxygen atoms in total. The fourth-order valence-electron chi connectivity index (χ4n) is 1.69. The quantitative estimate of drug-likeness (QED) is 0.755. The molecule has 1 aromatic carbocycles. The van der Waals surface area contributed by atoms with E-state index >= 15 is 0 Å². The smallest absolute Gasteiger partial charge is 0.123 e. The Bertz CT molecular complexity index is 497. The lowest BCUT2D eigenvalue weighted by Gasteiger charge is -2.12. The van der Waals surface area contributed by atoms with E-state index in [1.54, 1.807) is 25.6 Å². The Balaban J connectivity index is 1.98. The predicted molar refractivity (Wildman–Crippen MR) is 68.5 cm³/mol. The number of hydrogen-bond acceptors (Lipinski definition) is 4. The number of nitrogens with one attached hydrogen (secondary N) is 2. The highest BCUT2D eigenvalue weighted by Crippen LogP contribution is 2.23. The van der Waals surface area contributed by atoms with Gasteiger partial charge in [0.05, 0.1) is 13.2 Å². The Labute approximate surface area is 106 Å². The summed E-state index contributed by atoms with van der Waals surface area (Å²) in [7, 11) is 1.58. The molecule has 0 bridgehead atoms. The van der Waals surface area contributed by atoms with Crippen LogP contribution in [0.3, 0.4) is 0 Å². The van der Waals surface area contributed by atoms with E-state index < -0.39 is 0 Å². The highest BCUT2D eigenvalue weighted by molar-refractivity contribution is 5.39. The van der Waals surface area contributed by atoms with Crippen LogP contribution in [0, 0.1) is 0 Å². The van der Waals surface area contributed by atoms with E-state index in [0.717, 1.165) is 11.4 Å². The van der Waals surface area contributed by atoms with E-state index in [-0.39, 0.29) is 11.8 Å². The number of phenols is 1. The summed E-state index contributed by atoms with van der Waals surface area (Å²) >= 11 is 0. The topological polar surface area (TPSA) is 70.2 Å². The Hall–Kier alpha value is -2.01. The van der Waals surface area contributed by atoms with Crippen LogP contribution in [0.5, 0.6) is 11.5 Å². The first-order valence-electron chi connectivity index (χ1n) is 5.79. The van der Waals surface area contributed by atoms with Crippen molar-refractivity contribution >= 4 is 0 Å². The van der Waals surface area contributed by atoms with Gasteiger partial charge < -0.3 is 20.1 Å². The van der Waals surface area contributed by atoms with Crippen molar-refractivity contribution in [2.45, 2.75) is 19.5 Å². The third kappa shape index (κ3) is 2.81.